The molecule has 1 aromatic heterocycles. The number of nitrogens with two attached hydrogens (primary N) is 1. The van der Waals surface area contributed by atoms with Crippen LogP contribution in [0.25, 0.3) is 11.5 Å². The second-order valence-electron chi connectivity index (χ2n) is 3.22. The highest BCUT2D eigenvalue weighted by Gasteiger charge is 2.08. The van der Waals surface area contributed by atoms with Crippen LogP contribution in [0.3, 0.4) is 0 Å². The quantitative estimate of drug-likeness (QED) is 0.787. The third-order valence-electron chi connectivity index (χ3n) is 1.99. The Morgan fingerprint density at radius 3 is 2.57 bits per heavy atom. The van der Waals surface area contributed by atoms with Gasteiger partial charge in [0.15, 0.2) is 0 Å². The van der Waals surface area contributed by atoms with Gasteiger partial charge in [-0.25, -0.2) is 4.98 Å². The number of benzene rings is 1. The summed E-state index contributed by atoms with van der Waals surface area (Å²) < 4.78 is 5.50. The molecule has 0 fully saturated rings. The standard InChI is InChI=1S/C11H12N2O/c1-8(12)10-7-13-11(14-10)9-5-3-2-4-6-9/h2-8H,12H2,1H3/t8-/m0/s1. The van der Waals surface area contributed by atoms with Crippen molar-refractivity contribution >= 4 is 0 Å². The van der Waals surface area contributed by atoms with Gasteiger partial charge in [0.25, 0.3) is 0 Å². The van der Waals surface area contributed by atoms with Gasteiger partial charge in [-0.05, 0) is 19.1 Å². The van der Waals surface area contributed by atoms with Crippen molar-refractivity contribution in [3.63, 3.8) is 0 Å². The van der Waals surface area contributed by atoms with Crippen LogP contribution < -0.4 is 5.73 Å². The Bertz CT molecular complexity index is 406. The second kappa shape index (κ2) is 3.64. The van der Waals surface area contributed by atoms with Gasteiger partial charge in [-0.1, -0.05) is 18.2 Å². The Morgan fingerprint density at radius 2 is 2.00 bits per heavy atom. The highest BCUT2D eigenvalue weighted by Crippen LogP contribution is 2.20. The minimum absolute atomic E-state index is 0.111. The zero-order chi connectivity index (χ0) is 9.97. The lowest BCUT2D eigenvalue weighted by atomic mass is 10.2. The number of hydrogen-bond donors (Lipinski definition) is 1. The molecule has 0 aliphatic carbocycles. The lowest BCUT2D eigenvalue weighted by Gasteiger charge is -1.97. The van der Waals surface area contributed by atoms with Crippen molar-refractivity contribution < 1.29 is 4.42 Å². The predicted octanol–water partition coefficient (Wildman–Crippen LogP) is 2.36. The number of hydrogen-bond acceptors (Lipinski definition) is 3. The van der Waals surface area contributed by atoms with E-state index >= 15 is 0 Å². The Labute approximate surface area is 82.6 Å². The molecule has 2 N–H and O–H groups in total. The summed E-state index contributed by atoms with van der Waals surface area (Å²) in [7, 11) is 0. The van der Waals surface area contributed by atoms with Crippen molar-refractivity contribution in [1.82, 2.24) is 4.98 Å². The fourth-order valence-corrected chi connectivity index (χ4v) is 1.21. The van der Waals surface area contributed by atoms with E-state index in [9.17, 15) is 0 Å². The average molecular weight is 188 g/mol. The Balaban J connectivity index is 2.34. The Kier molecular flexibility index (Phi) is 2.33. The van der Waals surface area contributed by atoms with Gasteiger partial charge in [-0.15, -0.1) is 0 Å². The normalized spacial score (nSPS) is 12.7. The fraction of sp³-hybridized carbons (Fsp3) is 0.182. The van der Waals surface area contributed by atoms with Gasteiger partial charge in [0.1, 0.15) is 5.76 Å². The highest BCUT2D eigenvalue weighted by atomic mass is 16.4. The van der Waals surface area contributed by atoms with Crippen LogP contribution in [0.5, 0.6) is 0 Å². The molecule has 1 heterocycles. The maximum Gasteiger partial charge on any atom is 0.226 e. The van der Waals surface area contributed by atoms with Crippen LogP contribution >= 0.6 is 0 Å². The molecule has 2 rings (SSSR count). The molecule has 0 bridgehead atoms. The van der Waals surface area contributed by atoms with E-state index in [4.69, 9.17) is 10.2 Å². The molecule has 3 heteroatoms. The fourth-order valence-electron chi connectivity index (χ4n) is 1.21. The van der Waals surface area contributed by atoms with Crippen LogP contribution in [-0.4, -0.2) is 4.98 Å². The first kappa shape index (κ1) is 8.97. The molecule has 0 aliphatic heterocycles. The Hall–Kier alpha value is -1.61. The van der Waals surface area contributed by atoms with Crippen LogP contribution in [0.2, 0.25) is 0 Å². The van der Waals surface area contributed by atoms with Crippen molar-refractivity contribution in [3.8, 4) is 11.5 Å². The number of rotatable bonds is 2. The highest BCUT2D eigenvalue weighted by molar-refractivity contribution is 5.52. The maximum atomic E-state index is 5.67. The SMILES string of the molecule is C[C@H](N)c1cnc(-c2ccccc2)o1. The van der Waals surface area contributed by atoms with Crippen LogP contribution in [-0.2, 0) is 0 Å². The largest absolute Gasteiger partial charge is 0.440 e. The first-order chi connectivity index (χ1) is 6.77. The molecule has 72 valence electrons. The summed E-state index contributed by atoms with van der Waals surface area (Å²) in [6.07, 6.45) is 1.67. The number of nitrogens with zero attached hydrogens (tertiary/aromatic N) is 1. The molecule has 0 saturated heterocycles. The third-order valence-corrected chi connectivity index (χ3v) is 1.99. The van der Waals surface area contributed by atoms with E-state index in [1.165, 1.54) is 0 Å². The Morgan fingerprint density at radius 1 is 1.29 bits per heavy atom. The van der Waals surface area contributed by atoms with Crippen molar-refractivity contribution in [2.75, 3.05) is 0 Å². The van der Waals surface area contributed by atoms with Gasteiger partial charge in [0.05, 0.1) is 12.2 Å². The predicted molar refractivity (Wildman–Crippen MR) is 54.5 cm³/mol. The third kappa shape index (κ3) is 1.67. The summed E-state index contributed by atoms with van der Waals surface area (Å²) in [5, 5.41) is 0. The molecule has 14 heavy (non-hydrogen) atoms. The first-order valence-electron chi connectivity index (χ1n) is 4.54. The van der Waals surface area contributed by atoms with Gasteiger partial charge in [0.2, 0.25) is 5.89 Å². The first-order valence-corrected chi connectivity index (χ1v) is 4.54. The van der Waals surface area contributed by atoms with Crippen LogP contribution in [0, 0.1) is 0 Å². The summed E-state index contributed by atoms with van der Waals surface area (Å²) in [6.45, 7) is 1.87. The second-order valence-corrected chi connectivity index (χ2v) is 3.22. The van der Waals surface area contributed by atoms with Crippen molar-refractivity contribution in [1.29, 1.82) is 0 Å². The van der Waals surface area contributed by atoms with E-state index in [0.29, 0.717) is 11.7 Å². The molecule has 0 saturated carbocycles. The smallest absolute Gasteiger partial charge is 0.226 e. The van der Waals surface area contributed by atoms with E-state index in [0.717, 1.165) is 5.56 Å². The monoisotopic (exact) mass is 188 g/mol. The van der Waals surface area contributed by atoms with Gasteiger partial charge in [-0.2, -0.15) is 0 Å². The molecular weight excluding hydrogens is 176 g/mol. The molecular formula is C11H12N2O. The number of aromatic nitrogens is 1. The minimum Gasteiger partial charge on any atom is -0.440 e. The van der Waals surface area contributed by atoms with E-state index in [1.54, 1.807) is 6.20 Å². The molecule has 0 aliphatic rings. The molecule has 0 spiro atoms. The van der Waals surface area contributed by atoms with Crippen LogP contribution in [0.4, 0.5) is 0 Å². The molecule has 0 radical (unpaired) electrons. The van der Waals surface area contributed by atoms with Crippen molar-refractivity contribution in [2.45, 2.75) is 13.0 Å². The van der Waals surface area contributed by atoms with E-state index in [2.05, 4.69) is 4.98 Å². The lowest BCUT2D eigenvalue weighted by Crippen LogP contribution is -2.02. The maximum absolute atomic E-state index is 5.67. The molecule has 0 amide bonds. The zero-order valence-electron chi connectivity index (χ0n) is 7.97. The topological polar surface area (TPSA) is 52.0 Å². The number of oxazole rings is 1. The van der Waals surface area contributed by atoms with Gasteiger partial charge < -0.3 is 10.2 Å². The minimum atomic E-state index is -0.111. The van der Waals surface area contributed by atoms with Crippen LogP contribution in [0.15, 0.2) is 40.9 Å². The molecule has 2 aromatic rings. The van der Waals surface area contributed by atoms with Crippen LogP contribution in [0.1, 0.15) is 18.7 Å². The van der Waals surface area contributed by atoms with Crippen molar-refractivity contribution in [3.05, 3.63) is 42.3 Å². The van der Waals surface area contributed by atoms with E-state index in [1.807, 2.05) is 37.3 Å². The summed E-state index contributed by atoms with van der Waals surface area (Å²) in [5.74, 6) is 1.33. The summed E-state index contributed by atoms with van der Waals surface area (Å²) in [4.78, 5) is 4.16. The summed E-state index contributed by atoms with van der Waals surface area (Å²) in [5.41, 5.74) is 6.64. The van der Waals surface area contributed by atoms with Gasteiger partial charge >= 0.3 is 0 Å². The zero-order valence-corrected chi connectivity index (χ0v) is 7.97. The molecule has 0 unspecified atom stereocenters. The van der Waals surface area contributed by atoms with E-state index < -0.39 is 0 Å². The average Bonchev–Trinajstić information content (AvgIpc) is 2.68. The van der Waals surface area contributed by atoms with Gasteiger partial charge in [-0.3, -0.25) is 0 Å². The lowest BCUT2D eigenvalue weighted by molar-refractivity contribution is 0.488. The molecule has 1 aromatic carbocycles. The van der Waals surface area contributed by atoms with Crippen molar-refractivity contribution in [2.24, 2.45) is 5.73 Å². The van der Waals surface area contributed by atoms with Gasteiger partial charge in [0, 0.05) is 5.56 Å². The van der Waals surface area contributed by atoms with E-state index in [-0.39, 0.29) is 6.04 Å². The molecule has 1 atom stereocenters. The summed E-state index contributed by atoms with van der Waals surface area (Å²) in [6, 6.07) is 9.66. The molecule has 3 nitrogen and oxygen atoms in total. The summed E-state index contributed by atoms with van der Waals surface area (Å²) >= 11 is 0.